The topological polar surface area (TPSA) is 9.23 Å². The predicted molar refractivity (Wildman–Crippen MR) is 76.2 cm³/mol. The van der Waals surface area contributed by atoms with E-state index >= 15 is 0 Å². The van der Waals surface area contributed by atoms with E-state index in [0.717, 1.165) is 0 Å². The zero-order chi connectivity index (χ0) is 17.2. The molecule has 0 bridgehead atoms. The van der Waals surface area contributed by atoms with Crippen LogP contribution in [0.15, 0.2) is 30.3 Å². The first-order chi connectivity index (χ1) is 10.9. The Hall–Kier alpha value is -2.15. The van der Waals surface area contributed by atoms with Crippen molar-refractivity contribution in [2.24, 2.45) is 0 Å². The summed E-state index contributed by atoms with van der Waals surface area (Å²) >= 11 is 0. The van der Waals surface area contributed by atoms with Gasteiger partial charge in [-0.2, -0.15) is 8.78 Å². The van der Waals surface area contributed by atoms with Gasteiger partial charge in [0, 0.05) is 0 Å². The summed E-state index contributed by atoms with van der Waals surface area (Å²) in [4.78, 5) is 5.60. The molecule has 0 aliphatic carbocycles. The summed E-state index contributed by atoms with van der Waals surface area (Å²) in [6.45, 7) is 2.99. The Labute approximate surface area is 130 Å². The Morgan fingerprint density at radius 3 is 1.61 bits per heavy atom. The number of halogens is 5. The molecule has 0 fully saturated rings. The van der Waals surface area contributed by atoms with Crippen LogP contribution in [0.2, 0.25) is 0 Å². The lowest BCUT2D eigenvalue weighted by atomic mass is 10.2. The van der Waals surface area contributed by atoms with Gasteiger partial charge in [-0.3, -0.25) is 0 Å². The molecule has 0 radical (unpaired) electrons. The molecule has 124 valence electrons. The van der Waals surface area contributed by atoms with Gasteiger partial charge in [0.1, 0.15) is 13.1 Å². The fraction of sp³-hybridized carbons (Fsp3) is 0.250. The van der Waals surface area contributed by atoms with E-state index in [1.165, 1.54) is 26.0 Å². The minimum Gasteiger partial charge on any atom is -0.310 e. The number of rotatable bonds is 5. The molecule has 0 saturated heterocycles. The monoisotopic (exact) mass is 332 g/mol. The van der Waals surface area contributed by atoms with E-state index in [9.17, 15) is 22.0 Å². The van der Waals surface area contributed by atoms with Gasteiger partial charge in [0.05, 0.1) is 0 Å². The van der Waals surface area contributed by atoms with Gasteiger partial charge >= 0.3 is 0 Å². The van der Waals surface area contributed by atoms with Crippen LogP contribution in [0.3, 0.4) is 0 Å². The Morgan fingerprint density at radius 2 is 1.17 bits per heavy atom. The second-order valence-electron chi connectivity index (χ2n) is 4.84. The van der Waals surface area contributed by atoms with Gasteiger partial charge in [0.2, 0.25) is 29.1 Å². The molecule has 0 aliphatic rings. The predicted octanol–water partition coefficient (Wildman–Crippen LogP) is 4.72. The summed E-state index contributed by atoms with van der Waals surface area (Å²) in [5.41, 5.74) is -1.00. The molecule has 23 heavy (non-hydrogen) atoms. The van der Waals surface area contributed by atoms with Gasteiger partial charge in [0.25, 0.3) is 5.69 Å². The maximum atomic E-state index is 14.2. The van der Waals surface area contributed by atoms with E-state index in [0.29, 0.717) is 0 Å². The highest BCUT2D eigenvalue weighted by molar-refractivity contribution is 5.46. The molecule has 0 atom stereocenters. The van der Waals surface area contributed by atoms with Crippen LogP contribution in [0.4, 0.5) is 27.6 Å². The molecule has 0 aromatic heterocycles. The van der Waals surface area contributed by atoms with Gasteiger partial charge in [0.15, 0.2) is 5.75 Å². The van der Waals surface area contributed by atoms with Crippen molar-refractivity contribution in [1.29, 1.82) is 0 Å². The molecule has 2 nitrogen and oxygen atoms in total. The number of hydroxylamine groups is 2. The smallest absolute Gasteiger partial charge is 0.252 e. The van der Waals surface area contributed by atoms with Crippen molar-refractivity contribution >= 4 is 5.69 Å². The number of quaternary nitrogens is 1. The molecule has 7 heteroatoms. The first-order valence-electron chi connectivity index (χ1n) is 7.01. The number of hydrogen-bond acceptors (Lipinski definition) is 1. The lowest BCUT2D eigenvalue weighted by molar-refractivity contribution is -0.0456. The van der Waals surface area contributed by atoms with E-state index in [-0.39, 0.29) is 18.8 Å². The summed E-state index contributed by atoms with van der Waals surface area (Å²) in [7, 11) is 0. The third-order valence-corrected chi connectivity index (χ3v) is 3.64. The zero-order valence-corrected chi connectivity index (χ0v) is 12.5. The highest BCUT2D eigenvalue weighted by Crippen LogP contribution is 2.35. The normalized spacial score (nSPS) is 11.6. The minimum atomic E-state index is -2.19. The molecule has 0 N–H and O–H groups in total. The average molecular weight is 332 g/mol. The minimum absolute atomic E-state index is 0.0379. The molecule has 0 aliphatic heterocycles. The third kappa shape index (κ3) is 2.88. The molecular weight excluding hydrogens is 317 g/mol. The molecule has 2 aromatic carbocycles. The first kappa shape index (κ1) is 17.2. The van der Waals surface area contributed by atoms with Gasteiger partial charge in [-0.15, -0.1) is 4.65 Å². The Bertz CT molecular complexity index is 672. The Kier molecular flexibility index (Phi) is 4.89. The molecule has 0 amide bonds. The van der Waals surface area contributed by atoms with Crippen LogP contribution in [0.5, 0.6) is 5.75 Å². The van der Waals surface area contributed by atoms with Gasteiger partial charge < -0.3 is 4.84 Å². The van der Waals surface area contributed by atoms with Crippen molar-refractivity contribution in [2.45, 2.75) is 13.8 Å². The van der Waals surface area contributed by atoms with Crippen LogP contribution in [-0.4, -0.2) is 13.1 Å². The third-order valence-electron chi connectivity index (χ3n) is 3.64. The first-order valence-corrected chi connectivity index (χ1v) is 7.01. The maximum absolute atomic E-state index is 14.2. The summed E-state index contributed by atoms with van der Waals surface area (Å²) < 4.78 is 67.7. The fourth-order valence-electron chi connectivity index (χ4n) is 2.35. The van der Waals surface area contributed by atoms with E-state index in [2.05, 4.69) is 0 Å². The van der Waals surface area contributed by atoms with Crippen molar-refractivity contribution in [3.63, 3.8) is 0 Å². The Balaban J connectivity index is 2.67. The van der Waals surface area contributed by atoms with Crippen molar-refractivity contribution in [3.05, 3.63) is 59.4 Å². The zero-order valence-electron chi connectivity index (χ0n) is 12.5. The average Bonchev–Trinajstić information content (AvgIpc) is 2.58. The molecule has 0 heterocycles. The summed E-state index contributed by atoms with van der Waals surface area (Å²) in [5.74, 6) is -9.68. The van der Waals surface area contributed by atoms with Crippen LogP contribution in [0.1, 0.15) is 13.8 Å². The number of hydrogen-bond donors (Lipinski definition) is 0. The highest BCUT2D eigenvalue weighted by atomic mass is 19.2. The number of nitrogens with zero attached hydrogens (tertiary/aromatic N) is 1. The lowest BCUT2D eigenvalue weighted by Crippen LogP contribution is -2.53. The molecular formula is C16H15F5NO+. The SMILES string of the molecule is CC[N+](CC)(Oc1ccccc1)c1c(F)c(F)c(F)c(F)c1F. The van der Waals surface area contributed by atoms with Gasteiger partial charge in [-0.1, -0.05) is 18.2 Å². The van der Waals surface area contributed by atoms with Crippen LogP contribution >= 0.6 is 0 Å². The maximum Gasteiger partial charge on any atom is 0.252 e. The van der Waals surface area contributed by atoms with E-state index in [1.54, 1.807) is 18.2 Å². The van der Waals surface area contributed by atoms with Crippen LogP contribution < -0.4 is 9.48 Å². The summed E-state index contributed by atoms with van der Waals surface area (Å²) in [6.07, 6.45) is 0. The van der Waals surface area contributed by atoms with Crippen molar-refractivity contribution in [2.75, 3.05) is 13.1 Å². The van der Waals surface area contributed by atoms with Crippen LogP contribution in [-0.2, 0) is 0 Å². The van der Waals surface area contributed by atoms with Crippen LogP contribution in [0.25, 0.3) is 0 Å². The largest absolute Gasteiger partial charge is 0.310 e. The quantitative estimate of drug-likeness (QED) is 0.253. The van der Waals surface area contributed by atoms with Gasteiger partial charge in [-0.05, 0) is 26.0 Å². The molecule has 0 unspecified atom stereocenters. The van der Waals surface area contributed by atoms with Crippen molar-refractivity contribution in [3.8, 4) is 5.75 Å². The summed E-state index contributed by atoms with van der Waals surface area (Å²) in [5, 5.41) is 0. The highest BCUT2D eigenvalue weighted by Gasteiger charge is 2.42. The molecule has 2 rings (SSSR count). The lowest BCUT2D eigenvalue weighted by Gasteiger charge is -2.33. The number of para-hydroxylation sites is 1. The van der Waals surface area contributed by atoms with Gasteiger partial charge in [-0.25, -0.2) is 13.2 Å². The molecule has 0 spiro atoms. The number of benzene rings is 2. The standard InChI is InChI=1S/C16H15F5NO/c1-3-22(4-2,23-10-8-6-5-7-9-10)16-14(20)12(18)11(17)13(19)15(16)21/h5-9H,3-4H2,1-2H3/q+1. The fourth-order valence-corrected chi connectivity index (χ4v) is 2.35. The summed E-state index contributed by atoms with van der Waals surface area (Å²) in [6, 6.07) is 8.04. The molecule has 0 saturated carbocycles. The van der Waals surface area contributed by atoms with E-state index < -0.39 is 39.4 Å². The van der Waals surface area contributed by atoms with Crippen LogP contribution in [0, 0.1) is 29.1 Å². The second-order valence-corrected chi connectivity index (χ2v) is 4.84. The second kappa shape index (κ2) is 6.54. The van der Waals surface area contributed by atoms with E-state index in [1.807, 2.05) is 0 Å². The van der Waals surface area contributed by atoms with E-state index in [4.69, 9.17) is 4.84 Å². The van der Waals surface area contributed by atoms with Crippen molar-refractivity contribution in [1.82, 2.24) is 4.65 Å². The Morgan fingerprint density at radius 1 is 0.739 bits per heavy atom. The molecule has 2 aromatic rings. The van der Waals surface area contributed by atoms with Crippen molar-refractivity contribution < 1.29 is 26.8 Å².